The second-order valence-electron chi connectivity index (χ2n) is 7.18. The van der Waals surface area contributed by atoms with Crippen molar-refractivity contribution in [2.24, 2.45) is 5.92 Å². The van der Waals surface area contributed by atoms with Gasteiger partial charge in [-0.05, 0) is 30.9 Å². The van der Waals surface area contributed by atoms with Crippen molar-refractivity contribution in [3.05, 3.63) is 71.8 Å². The van der Waals surface area contributed by atoms with Gasteiger partial charge < -0.3 is 9.47 Å². The molecule has 0 unspecified atom stereocenters. The zero-order valence-corrected chi connectivity index (χ0v) is 14.6. The standard InChI is InChI=1S/C22H24O3/c1-22(18-14-8-9-15-19(18)23)24-20(16-10-4-2-5-11-16)21(25-22)17-12-6-3-7-13-17/h2-7,10-13,18,20-21H,8-9,14-15H2,1H3/t18-,20-,21-/m0/s1. The van der Waals surface area contributed by atoms with Crippen molar-refractivity contribution in [1.29, 1.82) is 0 Å². The highest BCUT2D eigenvalue weighted by Crippen LogP contribution is 2.51. The van der Waals surface area contributed by atoms with Crippen molar-refractivity contribution in [2.45, 2.75) is 50.6 Å². The molecule has 25 heavy (non-hydrogen) atoms. The molecule has 1 aliphatic carbocycles. The van der Waals surface area contributed by atoms with Crippen LogP contribution in [0.1, 0.15) is 55.9 Å². The third-order valence-corrected chi connectivity index (χ3v) is 5.44. The van der Waals surface area contributed by atoms with Gasteiger partial charge in [-0.25, -0.2) is 0 Å². The van der Waals surface area contributed by atoms with Gasteiger partial charge in [0.2, 0.25) is 0 Å². The second kappa shape index (κ2) is 6.74. The molecule has 2 aromatic carbocycles. The van der Waals surface area contributed by atoms with E-state index >= 15 is 0 Å². The monoisotopic (exact) mass is 336 g/mol. The normalized spacial score (nSPS) is 28.8. The molecule has 0 N–H and O–H groups in total. The number of ether oxygens (including phenoxy) is 2. The third kappa shape index (κ3) is 3.14. The van der Waals surface area contributed by atoms with Crippen LogP contribution >= 0.6 is 0 Å². The minimum atomic E-state index is -0.863. The highest BCUT2D eigenvalue weighted by Gasteiger charge is 2.52. The van der Waals surface area contributed by atoms with Crippen LogP contribution in [0, 0.1) is 5.92 Å². The molecule has 0 spiro atoms. The van der Waals surface area contributed by atoms with Crippen molar-refractivity contribution in [2.75, 3.05) is 0 Å². The minimum absolute atomic E-state index is 0.179. The predicted molar refractivity (Wildman–Crippen MR) is 95.9 cm³/mol. The van der Waals surface area contributed by atoms with E-state index in [9.17, 15) is 4.79 Å². The molecule has 3 atom stereocenters. The molecular formula is C22H24O3. The van der Waals surface area contributed by atoms with E-state index in [1.165, 1.54) is 0 Å². The molecule has 2 fully saturated rings. The van der Waals surface area contributed by atoms with E-state index in [-0.39, 0.29) is 23.9 Å². The topological polar surface area (TPSA) is 35.5 Å². The van der Waals surface area contributed by atoms with Crippen molar-refractivity contribution in [3.8, 4) is 0 Å². The van der Waals surface area contributed by atoms with Gasteiger partial charge in [-0.15, -0.1) is 0 Å². The van der Waals surface area contributed by atoms with E-state index in [1.54, 1.807) is 0 Å². The van der Waals surface area contributed by atoms with Gasteiger partial charge in [0.15, 0.2) is 5.79 Å². The Balaban J connectivity index is 1.70. The van der Waals surface area contributed by atoms with Crippen LogP contribution in [0.5, 0.6) is 0 Å². The molecule has 1 aliphatic heterocycles. The number of ketones is 1. The van der Waals surface area contributed by atoms with Gasteiger partial charge in [-0.2, -0.15) is 0 Å². The Hall–Kier alpha value is -1.97. The minimum Gasteiger partial charge on any atom is -0.338 e. The first kappa shape index (κ1) is 16.5. The third-order valence-electron chi connectivity index (χ3n) is 5.44. The van der Waals surface area contributed by atoms with Gasteiger partial charge in [0.1, 0.15) is 18.0 Å². The van der Waals surface area contributed by atoms with Gasteiger partial charge in [0.05, 0.1) is 5.92 Å². The maximum absolute atomic E-state index is 12.5. The first-order chi connectivity index (χ1) is 12.2. The molecule has 130 valence electrons. The number of hydrogen-bond donors (Lipinski definition) is 0. The summed E-state index contributed by atoms with van der Waals surface area (Å²) in [5, 5.41) is 0. The van der Waals surface area contributed by atoms with Gasteiger partial charge in [-0.3, -0.25) is 4.79 Å². The first-order valence-electron chi connectivity index (χ1n) is 9.15. The number of carbonyl (C=O) groups excluding carboxylic acids is 1. The molecule has 4 rings (SSSR count). The largest absolute Gasteiger partial charge is 0.338 e. The molecule has 1 heterocycles. The molecule has 3 heteroatoms. The van der Waals surface area contributed by atoms with Gasteiger partial charge in [0.25, 0.3) is 0 Å². The van der Waals surface area contributed by atoms with E-state index in [2.05, 4.69) is 24.3 Å². The lowest BCUT2D eigenvalue weighted by Crippen LogP contribution is -2.42. The molecule has 2 aromatic rings. The predicted octanol–water partition coefficient (Wildman–Crippen LogP) is 4.99. The second-order valence-corrected chi connectivity index (χ2v) is 7.18. The number of rotatable bonds is 3. The molecule has 1 saturated carbocycles. The molecule has 2 aliphatic rings. The molecule has 0 bridgehead atoms. The summed E-state index contributed by atoms with van der Waals surface area (Å²) < 4.78 is 12.9. The van der Waals surface area contributed by atoms with E-state index < -0.39 is 5.79 Å². The van der Waals surface area contributed by atoms with Crippen LogP contribution in [0.2, 0.25) is 0 Å². The van der Waals surface area contributed by atoms with Crippen molar-refractivity contribution in [3.63, 3.8) is 0 Å². The van der Waals surface area contributed by atoms with Gasteiger partial charge >= 0.3 is 0 Å². The summed E-state index contributed by atoms with van der Waals surface area (Å²) in [5.74, 6) is -0.770. The summed E-state index contributed by atoms with van der Waals surface area (Å²) in [6.07, 6.45) is 3.11. The smallest absolute Gasteiger partial charge is 0.177 e. The maximum atomic E-state index is 12.5. The zero-order chi connectivity index (χ0) is 17.3. The Labute approximate surface area is 149 Å². The first-order valence-corrected chi connectivity index (χ1v) is 9.15. The maximum Gasteiger partial charge on any atom is 0.177 e. The molecule has 0 amide bonds. The van der Waals surface area contributed by atoms with E-state index in [0.717, 1.165) is 30.4 Å². The van der Waals surface area contributed by atoms with Crippen LogP contribution < -0.4 is 0 Å². The van der Waals surface area contributed by atoms with Crippen molar-refractivity contribution >= 4 is 5.78 Å². The summed E-state index contributed by atoms with van der Waals surface area (Å²) in [5.41, 5.74) is 2.17. The highest BCUT2D eigenvalue weighted by atomic mass is 16.8. The lowest BCUT2D eigenvalue weighted by molar-refractivity contribution is -0.204. The summed E-state index contributed by atoms with van der Waals surface area (Å²) in [6, 6.07) is 20.3. The summed E-state index contributed by atoms with van der Waals surface area (Å²) in [6.45, 7) is 1.94. The summed E-state index contributed by atoms with van der Waals surface area (Å²) in [4.78, 5) is 12.5. The Morgan fingerprint density at radius 3 is 1.84 bits per heavy atom. The SMILES string of the molecule is CC1([C@H]2CCCCC2=O)O[C@@H](c2ccccc2)[C@H](c2ccccc2)O1. The molecular weight excluding hydrogens is 312 g/mol. The Kier molecular flexibility index (Phi) is 4.45. The molecule has 1 saturated heterocycles. The van der Waals surface area contributed by atoms with E-state index in [0.29, 0.717) is 6.42 Å². The number of Topliss-reactive ketones (excluding diaryl/α,β-unsaturated/α-hetero) is 1. The van der Waals surface area contributed by atoms with E-state index in [4.69, 9.17) is 9.47 Å². The fourth-order valence-electron chi connectivity index (χ4n) is 4.13. The number of benzene rings is 2. The molecule has 3 nitrogen and oxygen atoms in total. The van der Waals surface area contributed by atoms with Crippen molar-refractivity contribution < 1.29 is 14.3 Å². The van der Waals surface area contributed by atoms with Gasteiger partial charge in [0, 0.05) is 6.42 Å². The summed E-state index contributed by atoms with van der Waals surface area (Å²) in [7, 11) is 0. The Bertz CT molecular complexity index is 678. The van der Waals surface area contributed by atoms with Crippen LogP contribution in [0.25, 0.3) is 0 Å². The quantitative estimate of drug-likeness (QED) is 0.792. The Morgan fingerprint density at radius 1 is 0.840 bits per heavy atom. The summed E-state index contributed by atoms with van der Waals surface area (Å²) >= 11 is 0. The van der Waals surface area contributed by atoms with Crippen molar-refractivity contribution in [1.82, 2.24) is 0 Å². The van der Waals surface area contributed by atoms with Crippen LogP contribution in [0.3, 0.4) is 0 Å². The number of hydrogen-bond acceptors (Lipinski definition) is 3. The average molecular weight is 336 g/mol. The molecule has 0 aromatic heterocycles. The average Bonchev–Trinajstić information content (AvgIpc) is 3.02. The highest BCUT2D eigenvalue weighted by molar-refractivity contribution is 5.82. The fourth-order valence-corrected chi connectivity index (χ4v) is 4.13. The lowest BCUT2D eigenvalue weighted by atomic mass is 9.82. The van der Waals surface area contributed by atoms with Crippen LogP contribution in [-0.4, -0.2) is 11.6 Å². The zero-order valence-electron chi connectivity index (χ0n) is 14.6. The van der Waals surface area contributed by atoms with Crippen LogP contribution in [0.4, 0.5) is 0 Å². The molecule has 0 radical (unpaired) electrons. The Morgan fingerprint density at radius 2 is 1.36 bits per heavy atom. The number of carbonyl (C=O) groups is 1. The lowest BCUT2D eigenvalue weighted by Gasteiger charge is -2.34. The van der Waals surface area contributed by atoms with Crippen LogP contribution in [-0.2, 0) is 14.3 Å². The fraction of sp³-hybridized carbons (Fsp3) is 0.409. The van der Waals surface area contributed by atoms with E-state index in [1.807, 2.05) is 43.3 Å². The van der Waals surface area contributed by atoms with Gasteiger partial charge in [-0.1, -0.05) is 67.1 Å². The van der Waals surface area contributed by atoms with Crippen LogP contribution in [0.15, 0.2) is 60.7 Å².